The Hall–Kier alpha value is -1.59. The van der Waals surface area contributed by atoms with Crippen LogP contribution in [-0.4, -0.2) is 51.4 Å². The van der Waals surface area contributed by atoms with Gasteiger partial charge in [-0.1, -0.05) is 0 Å². The van der Waals surface area contributed by atoms with Gasteiger partial charge in [0.05, 0.1) is 12.2 Å². The molecule has 5 heteroatoms. The summed E-state index contributed by atoms with van der Waals surface area (Å²) in [5.41, 5.74) is 1.07. The average Bonchev–Trinajstić information content (AvgIpc) is 2.62. The molecule has 17 heavy (non-hydrogen) atoms. The van der Waals surface area contributed by atoms with Crippen molar-refractivity contribution in [3.63, 3.8) is 0 Å². The van der Waals surface area contributed by atoms with Crippen LogP contribution >= 0.6 is 0 Å². The lowest BCUT2D eigenvalue weighted by molar-refractivity contribution is 0.0572. The van der Waals surface area contributed by atoms with E-state index in [1.807, 2.05) is 0 Å². The average molecular weight is 237 g/mol. The SMILES string of the molecule is Cc1cc(C(=O)N2C[C@@H](O)[C@@H](O)C2)ccc1O. The maximum atomic E-state index is 12.0. The van der Waals surface area contributed by atoms with Crippen LogP contribution in [-0.2, 0) is 0 Å². The van der Waals surface area contributed by atoms with Crippen molar-refractivity contribution in [1.82, 2.24) is 4.90 Å². The fourth-order valence-electron chi connectivity index (χ4n) is 1.91. The number of hydrogen-bond acceptors (Lipinski definition) is 4. The molecule has 1 aromatic carbocycles. The highest BCUT2D eigenvalue weighted by Crippen LogP contribution is 2.20. The molecule has 1 heterocycles. The van der Waals surface area contributed by atoms with Crippen LogP contribution in [0.5, 0.6) is 5.75 Å². The lowest BCUT2D eigenvalue weighted by atomic mass is 10.1. The van der Waals surface area contributed by atoms with E-state index in [4.69, 9.17) is 0 Å². The van der Waals surface area contributed by atoms with Crippen molar-refractivity contribution < 1.29 is 20.1 Å². The van der Waals surface area contributed by atoms with Crippen molar-refractivity contribution in [3.05, 3.63) is 29.3 Å². The van der Waals surface area contributed by atoms with E-state index in [1.54, 1.807) is 13.0 Å². The van der Waals surface area contributed by atoms with E-state index >= 15 is 0 Å². The predicted molar refractivity (Wildman–Crippen MR) is 60.8 cm³/mol. The number of carbonyl (C=O) groups is 1. The zero-order chi connectivity index (χ0) is 12.6. The van der Waals surface area contributed by atoms with Gasteiger partial charge in [-0.05, 0) is 30.7 Å². The summed E-state index contributed by atoms with van der Waals surface area (Å²) in [5, 5.41) is 28.1. The van der Waals surface area contributed by atoms with Crippen molar-refractivity contribution in [2.45, 2.75) is 19.1 Å². The van der Waals surface area contributed by atoms with Crippen LogP contribution in [0.4, 0.5) is 0 Å². The number of aryl methyl sites for hydroxylation is 1. The smallest absolute Gasteiger partial charge is 0.254 e. The quantitative estimate of drug-likeness (QED) is 0.636. The fourth-order valence-corrected chi connectivity index (χ4v) is 1.91. The molecule has 2 atom stereocenters. The molecular weight excluding hydrogens is 222 g/mol. The van der Waals surface area contributed by atoms with E-state index in [-0.39, 0.29) is 24.7 Å². The van der Waals surface area contributed by atoms with Crippen molar-refractivity contribution in [3.8, 4) is 5.75 Å². The van der Waals surface area contributed by atoms with E-state index in [0.29, 0.717) is 11.1 Å². The van der Waals surface area contributed by atoms with Crippen molar-refractivity contribution in [2.75, 3.05) is 13.1 Å². The van der Waals surface area contributed by atoms with Crippen LogP contribution in [0.2, 0.25) is 0 Å². The van der Waals surface area contributed by atoms with Gasteiger partial charge in [-0.15, -0.1) is 0 Å². The number of rotatable bonds is 1. The van der Waals surface area contributed by atoms with Gasteiger partial charge in [0.2, 0.25) is 0 Å². The predicted octanol–water partition coefficient (Wildman–Crippen LogP) is -0.122. The first kappa shape index (κ1) is 11.9. The molecule has 0 radical (unpaired) electrons. The number of amides is 1. The van der Waals surface area contributed by atoms with Crippen molar-refractivity contribution in [2.24, 2.45) is 0 Å². The molecule has 0 aliphatic carbocycles. The maximum absolute atomic E-state index is 12.0. The second-order valence-corrected chi connectivity index (χ2v) is 4.35. The Bertz CT molecular complexity index is 436. The Kier molecular flexibility index (Phi) is 3.04. The van der Waals surface area contributed by atoms with Crippen LogP contribution in [0.25, 0.3) is 0 Å². The largest absolute Gasteiger partial charge is 0.508 e. The highest BCUT2D eigenvalue weighted by atomic mass is 16.3. The zero-order valence-electron chi connectivity index (χ0n) is 9.50. The monoisotopic (exact) mass is 237 g/mol. The molecule has 0 unspecified atom stereocenters. The van der Waals surface area contributed by atoms with Gasteiger partial charge in [0.1, 0.15) is 5.75 Å². The summed E-state index contributed by atoms with van der Waals surface area (Å²) in [6, 6.07) is 4.59. The first-order chi connectivity index (χ1) is 7.99. The minimum Gasteiger partial charge on any atom is -0.508 e. The third kappa shape index (κ3) is 2.25. The first-order valence-corrected chi connectivity index (χ1v) is 5.44. The van der Waals surface area contributed by atoms with E-state index in [0.717, 1.165) is 0 Å². The Labute approximate surface area is 98.9 Å². The van der Waals surface area contributed by atoms with Gasteiger partial charge in [0, 0.05) is 18.7 Å². The first-order valence-electron chi connectivity index (χ1n) is 5.44. The zero-order valence-corrected chi connectivity index (χ0v) is 9.50. The number of nitrogens with zero attached hydrogens (tertiary/aromatic N) is 1. The fraction of sp³-hybridized carbons (Fsp3) is 0.417. The van der Waals surface area contributed by atoms with Gasteiger partial charge in [-0.3, -0.25) is 4.79 Å². The second kappa shape index (κ2) is 4.35. The van der Waals surface area contributed by atoms with Gasteiger partial charge in [0.15, 0.2) is 0 Å². The van der Waals surface area contributed by atoms with Gasteiger partial charge < -0.3 is 20.2 Å². The number of likely N-dealkylation sites (tertiary alicyclic amines) is 1. The van der Waals surface area contributed by atoms with Crippen LogP contribution in [0.3, 0.4) is 0 Å². The molecule has 1 aliphatic rings. The highest BCUT2D eigenvalue weighted by Gasteiger charge is 2.32. The van der Waals surface area contributed by atoms with Crippen LogP contribution in [0.1, 0.15) is 15.9 Å². The van der Waals surface area contributed by atoms with Gasteiger partial charge >= 0.3 is 0 Å². The van der Waals surface area contributed by atoms with Crippen LogP contribution < -0.4 is 0 Å². The van der Waals surface area contributed by atoms with E-state index < -0.39 is 12.2 Å². The molecule has 0 spiro atoms. The van der Waals surface area contributed by atoms with Crippen LogP contribution in [0.15, 0.2) is 18.2 Å². The van der Waals surface area contributed by atoms with E-state index in [9.17, 15) is 20.1 Å². The van der Waals surface area contributed by atoms with E-state index in [2.05, 4.69) is 0 Å². The summed E-state index contributed by atoms with van der Waals surface area (Å²) in [4.78, 5) is 13.4. The highest BCUT2D eigenvalue weighted by molar-refractivity contribution is 5.94. The van der Waals surface area contributed by atoms with Gasteiger partial charge in [-0.2, -0.15) is 0 Å². The minimum atomic E-state index is -0.878. The number of aliphatic hydroxyl groups excluding tert-OH is 2. The molecule has 1 amide bonds. The molecule has 3 N–H and O–H groups in total. The number of phenols is 1. The molecular formula is C12H15NO4. The molecule has 1 saturated heterocycles. The standard InChI is InChI=1S/C12H15NO4/c1-7-4-8(2-3-9(7)14)12(17)13-5-10(15)11(16)6-13/h2-4,10-11,14-16H,5-6H2,1H3/t10-,11+. The molecule has 92 valence electrons. The summed E-state index contributed by atoms with van der Waals surface area (Å²) in [6.07, 6.45) is -1.76. The Morgan fingerprint density at radius 1 is 1.29 bits per heavy atom. The van der Waals surface area contributed by atoms with E-state index in [1.165, 1.54) is 17.0 Å². The summed E-state index contributed by atoms with van der Waals surface area (Å²) >= 11 is 0. The van der Waals surface area contributed by atoms with Crippen molar-refractivity contribution in [1.29, 1.82) is 0 Å². The minimum absolute atomic E-state index is 0.139. The molecule has 1 aromatic rings. The Morgan fingerprint density at radius 3 is 2.41 bits per heavy atom. The third-order valence-corrected chi connectivity index (χ3v) is 2.99. The molecule has 0 bridgehead atoms. The maximum Gasteiger partial charge on any atom is 0.254 e. The number of β-amino-alcohol motifs (C(OH)–C–C–N with tert-alkyl or cyclic N) is 2. The molecule has 0 saturated carbocycles. The number of hydrogen-bond donors (Lipinski definition) is 3. The molecule has 2 rings (SSSR count). The Morgan fingerprint density at radius 2 is 1.88 bits per heavy atom. The molecule has 5 nitrogen and oxygen atoms in total. The molecule has 1 fully saturated rings. The second-order valence-electron chi connectivity index (χ2n) is 4.35. The lowest BCUT2D eigenvalue weighted by Crippen LogP contribution is -2.29. The number of aromatic hydroxyl groups is 1. The van der Waals surface area contributed by atoms with Crippen LogP contribution in [0, 0.1) is 6.92 Å². The number of carbonyl (C=O) groups excluding carboxylic acids is 1. The number of aliphatic hydroxyl groups is 2. The van der Waals surface area contributed by atoms with Gasteiger partial charge in [0.25, 0.3) is 5.91 Å². The summed E-state index contributed by atoms with van der Waals surface area (Å²) in [7, 11) is 0. The summed E-state index contributed by atoms with van der Waals surface area (Å²) in [5.74, 6) is -0.105. The topological polar surface area (TPSA) is 81.0 Å². The number of phenolic OH excluding ortho intramolecular Hbond substituents is 1. The Balaban J connectivity index is 2.17. The normalized spacial score (nSPS) is 24.1. The molecule has 0 aromatic heterocycles. The summed E-state index contributed by atoms with van der Waals surface area (Å²) < 4.78 is 0. The number of benzene rings is 1. The lowest BCUT2D eigenvalue weighted by Gasteiger charge is -2.15. The third-order valence-electron chi connectivity index (χ3n) is 2.99. The molecule has 1 aliphatic heterocycles. The summed E-state index contributed by atoms with van der Waals surface area (Å²) in [6.45, 7) is 1.99. The van der Waals surface area contributed by atoms with Gasteiger partial charge in [-0.25, -0.2) is 0 Å². The van der Waals surface area contributed by atoms with Crippen molar-refractivity contribution >= 4 is 5.91 Å².